The fraction of sp³-hybridized carbons (Fsp3) is 0.125. The molecule has 6 nitrogen and oxygen atoms in total. The zero-order valence-corrected chi connectivity index (χ0v) is 12.0. The number of aryl methyl sites for hydroxylation is 1. The molecule has 0 heterocycles. The molecule has 0 unspecified atom stereocenters. The Labute approximate surface area is 126 Å². The predicted molar refractivity (Wildman–Crippen MR) is 79.0 cm³/mol. The topological polar surface area (TPSA) is 86.5 Å². The zero-order valence-electron chi connectivity index (χ0n) is 12.0. The van der Waals surface area contributed by atoms with Crippen LogP contribution in [0.15, 0.2) is 42.5 Å². The number of esters is 1. The lowest BCUT2D eigenvalue weighted by Crippen LogP contribution is -2.12. The van der Waals surface area contributed by atoms with Crippen LogP contribution in [0.3, 0.4) is 0 Å². The molecule has 2 aromatic carbocycles. The summed E-state index contributed by atoms with van der Waals surface area (Å²) in [6.45, 7) is 1.73. The molecule has 112 valence electrons. The molecule has 0 aliphatic rings. The first kappa shape index (κ1) is 15.4. The van der Waals surface area contributed by atoms with Crippen molar-refractivity contribution in [2.45, 2.75) is 6.92 Å². The van der Waals surface area contributed by atoms with Crippen molar-refractivity contribution in [2.75, 3.05) is 7.11 Å². The van der Waals surface area contributed by atoms with E-state index in [9.17, 15) is 19.7 Å². The molecule has 6 heteroatoms. The molecule has 0 saturated heterocycles. The van der Waals surface area contributed by atoms with Gasteiger partial charge in [-0.1, -0.05) is 24.3 Å². The van der Waals surface area contributed by atoms with Gasteiger partial charge in [0.1, 0.15) is 5.56 Å². The zero-order chi connectivity index (χ0) is 16.3. The fourth-order valence-electron chi connectivity index (χ4n) is 2.11. The Kier molecular flexibility index (Phi) is 4.31. The summed E-state index contributed by atoms with van der Waals surface area (Å²) in [4.78, 5) is 34.9. The van der Waals surface area contributed by atoms with Crippen LogP contribution in [0.25, 0.3) is 0 Å². The molecule has 22 heavy (non-hydrogen) atoms. The molecule has 2 aromatic rings. The number of carbonyl (C=O) groups excluding carboxylic acids is 2. The lowest BCUT2D eigenvalue weighted by atomic mass is 9.96. The Bertz CT molecular complexity index is 767. The van der Waals surface area contributed by atoms with E-state index in [4.69, 9.17) is 0 Å². The maximum Gasteiger partial charge on any atom is 0.338 e. The van der Waals surface area contributed by atoms with Gasteiger partial charge < -0.3 is 4.74 Å². The monoisotopic (exact) mass is 299 g/mol. The van der Waals surface area contributed by atoms with E-state index >= 15 is 0 Å². The van der Waals surface area contributed by atoms with Crippen molar-refractivity contribution >= 4 is 17.4 Å². The number of nitro groups is 1. The summed E-state index contributed by atoms with van der Waals surface area (Å²) in [6.07, 6.45) is 0. The first-order valence-corrected chi connectivity index (χ1v) is 6.42. The summed E-state index contributed by atoms with van der Waals surface area (Å²) in [5.74, 6) is -1.25. The third-order valence-electron chi connectivity index (χ3n) is 3.17. The summed E-state index contributed by atoms with van der Waals surface area (Å²) < 4.78 is 4.64. The van der Waals surface area contributed by atoms with Crippen LogP contribution in [-0.4, -0.2) is 23.8 Å². The van der Waals surface area contributed by atoms with Gasteiger partial charge in [0, 0.05) is 11.6 Å². The molecule has 0 aromatic heterocycles. The Hall–Kier alpha value is -3.02. The van der Waals surface area contributed by atoms with Crippen LogP contribution in [0.2, 0.25) is 0 Å². The SMILES string of the molecule is COC(=O)c1ccccc1C(=O)c1cc(C)ccc1[N+](=O)[O-]. The lowest BCUT2D eigenvalue weighted by Gasteiger charge is -2.08. The predicted octanol–water partition coefficient (Wildman–Crippen LogP) is 2.92. The lowest BCUT2D eigenvalue weighted by molar-refractivity contribution is -0.385. The summed E-state index contributed by atoms with van der Waals surface area (Å²) in [6, 6.07) is 10.3. The van der Waals surface area contributed by atoms with Crippen molar-refractivity contribution in [1.82, 2.24) is 0 Å². The molecule has 2 rings (SSSR count). The number of hydrogen-bond donors (Lipinski definition) is 0. The summed E-state index contributed by atoms with van der Waals surface area (Å²) in [5.41, 5.74) is 0.509. The average Bonchev–Trinajstić information content (AvgIpc) is 2.53. The molecular weight excluding hydrogens is 286 g/mol. The maximum absolute atomic E-state index is 12.7. The van der Waals surface area contributed by atoms with E-state index in [1.807, 2.05) is 0 Å². The smallest absolute Gasteiger partial charge is 0.338 e. The number of methoxy groups -OCH3 is 1. The highest BCUT2D eigenvalue weighted by Crippen LogP contribution is 2.24. The number of rotatable bonds is 4. The highest BCUT2D eigenvalue weighted by Gasteiger charge is 2.25. The van der Waals surface area contributed by atoms with Gasteiger partial charge in [0.15, 0.2) is 0 Å². The number of nitrogens with zero attached hydrogens (tertiary/aromatic N) is 1. The number of hydrogen-bond acceptors (Lipinski definition) is 5. The van der Waals surface area contributed by atoms with Crippen LogP contribution in [0.5, 0.6) is 0 Å². The summed E-state index contributed by atoms with van der Waals surface area (Å²) in [7, 11) is 1.21. The van der Waals surface area contributed by atoms with Crippen LogP contribution in [0.4, 0.5) is 5.69 Å². The molecule has 0 atom stereocenters. The van der Waals surface area contributed by atoms with Crippen LogP contribution in [0, 0.1) is 17.0 Å². The van der Waals surface area contributed by atoms with Crippen molar-refractivity contribution < 1.29 is 19.2 Å². The van der Waals surface area contributed by atoms with Gasteiger partial charge in [-0.25, -0.2) is 4.79 Å². The maximum atomic E-state index is 12.7. The van der Waals surface area contributed by atoms with Crippen LogP contribution in [0.1, 0.15) is 31.8 Å². The van der Waals surface area contributed by atoms with E-state index in [0.717, 1.165) is 0 Å². The van der Waals surface area contributed by atoms with Gasteiger partial charge in [-0.2, -0.15) is 0 Å². The molecule has 0 N–H and O–H groups in total. The molecular formula is C16H13NO5. The minimum absolute atomic E-state index is 0.0543. The standard InChI is InChI=1S/C16H13NO5/c1-10-7-8-14(17(20)21)13(9-10)15(18)11-5-3-4-6-12(11)16(19)22-2/h3-9H,1-2H3. The third-order valence-corrected chi connectivity index (χ3v) is 3.17. The molecule has 0 spiro atoms. The second-order valence-corrected chi connectivity index (χ2v) is 4.64. The normalized spacial score (nSPS) is 10.1. The number of ether oxygens (including phenoxy) is 1. The van der Waals surface area contributed by atoms with Gasteiger partial charge >= 0.3 is 5.97 Å². The molecule has 0 bridgehead atoms. The average molecular weight is 299 g/mol. The second-order valence-electron chi connectivity index (χ2n) is 4.64. The molecule has 0 aliphatic carbocycles. The van der Waals surface area contributed by atoms with Crippen molar-refractivity contribution in [3.8, 4) is 0 Å². The quantitative estimate of drug-likeness (QED) is 0.375. The molecule has 0 saturated carbocycles. The number of carbonyl (C=O) groups is 2. The summed E-state index contributed by atoms with van der Waals surface area (Å²) in [5, 5.41) is 11.1. The van der Waals surface area contributed by atoms with E-state index < -0.39 is 16.7 Å². The van der Waals surface area contributed by atoms with Gasteiger partial charge in [0.05, 0.1) is 17.6 Å². The van der Waals surface area contributed by atoms with E-state index in [0.29, 0.717) is 5.56 Å². The van der Waals surface area contributed by atoms with Crippen molar-refractivity contribution in [1.29, 1.82) is 0 Å². The minimum atomic E-state index is -0.667. The van der Waals surface area contributed by atoms with Crippen molar-refractivity contribution in [3.05, 3.63) is 74.8 Å². The second kappa shape index (κ2) is 6.17. The number of benzene rings is 2. The highest BCUT2D eigenvalue weighted by molar-refractivity contribution is 6.16. The largest absolute Gasteiger partial charge is 0.465 e. The van der Waals surface area contributed by atoms with E-state index in [1.165, 1.54) is 31.4 Å². The number of ketones is 1. The van der Waals surface area contributed by atoms with Gasteiger partial charge in [0.2, 0.25) is 5.78 Å². The molecule has 0 amide bonds. The molecule has 0 fully saturated rings. The van der Waals surface area contributed by atoms with Crippen molar-refractivity contribution in [3.63, 3.8) is 0 Å². The summed E-state index contributed by atoms with van der Waals surface area (Å²) >= 11 is 0. The number of nitro benzene ring substituents is 1. The Morgan fingerprint density at radius 1 is 1.05 bits per heavy atom. The van der Waals surface area contributed by atoms with E-state index in [1.54, 1.807) is 25.1 Å². The van der Waals surface area contributed by atoms with Gasteiger partial charge in [0.25, 0.3) is 5.69 Å². The third kappa shape index (κ3) is 2.85. The highest BCUT2D eigenvalue weighted by atomic mass is 16.6. The fourth-order valence-corrected chi connectivity index (χ4v) is 2.11. The Morgan fingerprint density at radius 2 is 1.68 bits per heavy atom. The first-order chi connectivity index (χ1) is 10.5. The van der Waals surface area contributed by atoms with E-state index in [-0.39, 0.29) is 22.4 Å². The van der Waals surface area contributed by atoms with Crippen LogP contribution >= 0.6 is 0 Å². The van der Waals surface area contributed by atoms with Gasteiger partial charge in [-0.3, -0.25) is 14.9 Å². The Morgan fingerprint density at radius 3 is 2.27 bits per heavy atom. The molecule has 0 aliphatic heterocycles. The van der Waals surface area contributed by atoms with Gasteiger partial charge in [-0.05, 0) is 24.6 Å². The minimum Gasteiger partial charge on any atom is -0.465 e. The van der Waals surface area contributed by atoms with Crippen LogP contribution < -0.4 is 0 Å². The van der Waals surface area contributed by atoms with E-state index in [2.05, 4.69) is 4.74 Å². The Balaban J connectivity index is 2.61. The van der Waals surface area contributed by atoms with Crippen LogP contribution in [-0.2, 0) is 4.74 Å². The first-order valence-electron chi connectivity index (χ1n) is 6.42. The van der Waals surface area contributed by atoms with Crippen molar-refractivity contribution in [2.24, 2.45) is 0 Å². The van der Waals surface area contributed by atoms with Gasteiger partial charge in [-0.15, -0.1) is 0 Å². The molecule has 0 radical (unpaired) electrons.